The van der Waals surface area contributed by atoms with Gasteiger partial charge in [-0.15, -0.1) is 0 Å². The van der Waals surface area contributed by atoms with Crippen LogP contribution < -0.4 is 0 Å². The SMILES string of the molecule is Cc1cc(Cl)c(CCN(C)CCCO)cc1F. The molecule has 1 rings (SSSR count). The molecule has 4 heteroatoms. The molecule has 0 aliphatic carbocycles. The number of nitrogens with zero attached hydrogens (tertiary/aromatic N) is 1. The van der Waals surface area contributed by atoms with E-state index in [2.05, 4.69) is 4.90 Å². The Morgan fingerprint density at radius 2 is 2.06 bits per heavy atom. The van der Waals surface area contributed by atoms with E-state index in [0.29, 0.717) is 10.6 Å². The monoisotopic (exact) mass is 259 g/mol. The first-order chi connectivity index (χ1) is 8.04. The van der Waals surface area contributed by atoms with Gasteiger partial charge in [-0.3, -0.25) is 0 Å². The summed E-state index contributed by atoms with van der Waals surface area (Å²) in [4.78, 5) is 2.10. The molecule has 1 N–H and O–H groups in total. The molecule has 0 saturated heterocycles. The highest BCUT2D eigenvalue weighted by Crippen LogP contribution is 2.21. The van der Waals surface area contributed by atoms with E-state index in [1.165, 1.54) is 6.07 Å². The lowest BCUT2D eigenvalue weighted by atomic mass is 10.1. The summed E-state index contributed by atoms with van der Waals surface area (Å²) in [6.07, 6.45) is 1.48. The number of aliphatic hydroxyl groups is 1. The van der Waals surface area contributed by atoms with Crippen LogP contribution in [0.3, 0.4) is 0 Å². The standard InChI is InChI=1S/C13H19ClFNO/c1-10-8-12(14)11(9-13(10)15)4-6-16(2)5-3-7-17/h8-9,17H,3-7H2,1-2H3. The van der Waals surface area contributed by atoms with Crippen LogP contribution in [-0.2, 0) is 6.42 Å². The first kappa shape index (κ1) is 14.4. The molecule has 0 spiro atoms. The highest BCUT2D eigenvalue weighted by atomic mass is 35.5. The number of hydrogen-bond donors (Lipinski definition) is 1. The minimum Gasteiger partial charge on any atom is -0.396 e. The van der Waals surface area contributed by atoms with Crippen LogP contribution in [0, 0.1) is 12.7 Å². The van der Waals surface area contributed by atoms with Gasteiger partial charge in [-0.05, 0) is 50.1 Å². The highest BCUT2D eigenvalue weighted by molar-refractivity contribution is 6.31. The number of aryl methyl sites for hydroxylation is 1. The maximum Gasteiger partial charge on any atom is 0.126 e. The molecule has 1 aromatic rings. The fourth-order valence-electron chi connectivity index (χ4n) is 1.64. The van der Waals surface area contributed by atoms with Crippen LogP contribution in [0.5, 0.6) is 0 Å². The van der Waals surface area contributed by atoms with Gasteiger partial charge in [0.05, 0.1) is 0 Å². The second kappa shape index (κ2) is 6.94. The number of rotatable bonds is 6. The van der Waals surface area contributed by atoms with E-state index in [-0.39, 0.29) is 12.4 Å². The van der Waals surface area contributed by atoms with E-state index in [1.54, 1.807) is 13.0 Å². The van der Waals surface area contributed by atoms with Gasteiger partial charge in [0.15, 0.2) is 0 Å². The number of hydrogen-bond acceptors (Lipinski definition) is 2. The van der Waals surface area contributed by atoms with Crippen LogP contribution in [0.15, 0.2) is 12.1 Å². The molecule has 0 radical (unpaired) electrons. The summed E-state index contributed by atoms with van der Waals surface area (Å²) in [7, 11) is 1.98. The predicted molar refractivity (Wildman–Crippen MR) is 69.1 cm³/mol. The van der Waals surface area contributed by atoms with E-state index in [0.717, 1.165) is 31.5 Å². The number of halogens is 2. The lowest BCUT2D eigenvalue weighted by Gasteiger charge is -2.16. The van der Waals surface area contributed by atoms with Crippen molar-refractivity contribution in [3.63, 3.8) is 0 Å². The van der Waals surface area contributed by atoms with Crippen molar-refractivity contribution in [2.24, 2.45) is 0 Å². The Labute approximate surface area is 107 Å². The van der Waals surface area contributed by atoms with Crippen LogP contribution in [0.4, 0.5) is 4.39 Å². The van der Waals surface area contributed by atoms with E-state index in [1.807, 2.05) is 7.05 Å². The molecular weight excluding hydrogens is 241 g/mol. The van der Waals surface area contributed by atoms with Crippen molar-refractivity contribution in [2.75, 3.05) is 26.7 Å². The molecule has 2 nitrogen and oxygen atoms in total. The molecule has 0 heterocycles. The summed E-state index contributed by atoms with van der Waals surface area (Å²) in [6, 6.07) is 3.18. The average Bonchev–Trinajstić information content (AvgIpc) is 2.29. The maximum absolute atomic E-state index is 13.4. The first-order valence-corrected chi connectivity index (χ1v) is 6.16. The molecule has 0 fully saturated rings. The zero-order valence-corrected chi connectivity index (χ0v) is 11.1. The van der Waals surface area contributed by atoms with Gasteiger partial charge in [0, 0.05) is 24.7 Å². The van der Waals surface area contributed by atoms with Gasteiger partial charge in [0.2, 0.25) is 0 Å². The molecule has 0 unspecified atom stereocenters. The fourth-order valence-corrected chi connectivity index (χ4v) is 1.96. The number of likely N-dealkylation sites (N-methyl/N-ethyl adjacent to an activating group) is 1. The van der Waals surface area contributed by atoms with Crippen molar-refractivity contribution >= 4 is 11.6 Å². The second-order valence-corrected chi connectivity index (χ2v) is 4.73. The van der Waals surface area contributed by atoms with Crippen LogP contribution in [0.25, 0.3) is 0 Å². The predicted octanol–water partition coefficient (Wildman–Crippen LogP) is 2.64. The molecule has 0 aromatic heterocycles. The van der Waals surface area contributed by atoms with Crippen molar-refractivity contribution in [2.45, 2.75) is 19.8 Å². The zero-order valence-electron chi connectivity index (χ0n) is 10.3. The van der Waals surface area contributed by atoms with Gasteiger partial charge in [0.1, 0.15) is 5.82 Å². The minimum absolute atomic E-state index is 0.199. The highest BCUT2D eigenvalue weighted by Gasteiger charge is 2.07. The maximum atomic E-state index is 13.4. The summed E-state index contributed by atoms with van der Waals surface area (Å²) in [5.74, 6) is -0.206. The van der Waals surface area contributed by atoms with Gasteiger partial charge in [-0.25, -0.2) is 4.39 Å². The molecule has 96 valence electrons. The topological polar surface area (TPSA) is 23.5 Å². The Morgan fingerprint density at radius 1 is 1.35 bits per heavy atom. The fraction of sp³-hybridized carbons (Fsp3) is 0.538. The molecule has 0 saturated carbocycles. The van der Waals surface area contributed by atoms with Gasteiger partial charge in [-0.1, -0.05) is 11.6 Å². The first-order valence-electron chi connectivity index (χ1n) is 5.78. The summed E-state index contributed by atoms with van der Waals surface area (Å²) in [6.45, 7) is 3.55. The van der Waals surface area contributed by atoms with E-state index >= 15 is 0 Å². The number of aliphatic hydroxyl groups excluding tert-OH is 1. The summed E-state index contributed by atoms with van der Waals surface area (Å²) in [5.41, 5.74) is 1.41. The largest absolute Gasteiger partial charge is 0.396 e. The van der Waals surface area contributed by atoms with Crippen LogP contribution in [0.1, 0.15) is 17.5 Å². The van der Waals surface area contributed by atoms with Crippen LogP contribution >= 0.6 is 11.6 Å². The lowest BCUT2D eigenvalue weighted by molar-refractivity contribution is 0.248. The van der Waals surface area contributed by atoms with Crippen molar-refractivity contribution < 1.29 is 9.50 Å². The Bertz CT molecular complexity index is 371. The third-order valence-corrected chi connectivity index (χ3v) is 3.14. The third-order valence-electron chi connectivity index (χ3n) is 2.79. The molecular formula is C13H19ClFNO. The summed E-state index contributed by atoms with van der Waals surface area (Å²) >= 11 is 6.06. The van der Waals surface area contributed by atoms with Crippen molar-refractivity contribution in [1.29, 1.82) is 0 Å². The smallest absolute Gasteiger partial charge is 0.126 e. The second-order valence-electron chi connectivity index (χ2n) is 4.32. The molecule has 0 aliphatic heterocycles. The van der Waals surface area contributed by atoms with Crippen molar-refractivity contribution in [3.05, 3.63) is 34.1 Å². The summed E-state index contributed by atoms with van der Waals surface area (Å²) < 4.78 is 13.4. The Morgan fingerprint density at radius 3 is 2.71 bits per heavy atom. The Hall–Kier alpha value is -0.640. The van der Waals surface area contributed by atoms with E-state index in [4.69, 9.17) is 16.7 Å². The zero-order chi connectivity index (χ0) is 12.8. The minimum atomic E-state index is -0.206. The molecule has 0 amide bonds. The molecule has 0 bridgehead atoms. The molecule has 1 aromatic carbocycles. The normalized spacial score (nSPS) is 11.2. The van der Waals surface area contributed by atoms with Crippen LogP contribution in [-0.4, -0.2) is 36.8 Å². The third kappa shape index (κ3) is 4.62. The van der Waals surface area contributed by atoms with Crippen molar-refractivity contribution in [1.82, 2.24) is 4.90 Å². The van der Waals surface area contributed by atoms with Gasteiger partial charge in [0.25, 0.3) is 0 Å². The van der Waals surface area contributed by atoms with Gasteiger partial charge < -0.3 is 10.0 Å². The summed E-state index contributed by atoms with van der Waals surface area (Å²) in [5, 5.41) is 9.34. The molecule has 17 heavy (non-hydrogen) atoms. The van der Waals surface area contributed by atoms with E-state index < -0.39 is 0 Å². The quantitative estimate of drug-likeness (QED) is 0.849. The van der Waals surface area contributed by atoms with Crippen LogP contribution in [0.2, 0.25) is 5.02 Å². The Kier molecular flexibility index (Phi) is 5.89. The van der Waals surface area contributed by atoms with E-state index in [9.17, 15) is 4.39 Å². The van der Waals surface area contributed by atoms with Crippen molar-refractivity contribution in [3.8, 4) is 0 Å². The number of benzene rings is 1. The molecule has 0 atom stereocenters. The van der Waals surface area contributed by atoms with Gasteiger partial charge in [-0.2, -0.15) is 0 Å². The lowest BCUT2D eigenvalue weighted by Crippen LogP contribution is -2.23. The Balaban J connectivity index is 2.54. The average molecular weight is 260 g/mol. The van der Waals surface area contributed by atoms with Gasteiger partial charge >= 0.3 is 0 Å². The molecule has 0 aliphatic rings.